The average Bonchev–Trinajstić information content (AvgIpc) is 3.02. The second-order valence-corrected chi connectivity index (χ2v) is 6.72. The molecule has 1 aliphatic rings. The molecule has 0 aliphatic carbocycles. The standard InChI is InChI=1S/C18H21N3O4S/c1-13-12-26-18(19-17(23)14-4-3-5-15(10-14)24-2)21(13)11-16(22)20-6-8-25-9-7-20/h3-5,10,12H,6-9,11H2,1-2H3. The van der Waals surface area contributed by atoms with Crippen LogP contribution in [-0.2, 0) is 16.1 Å². The first kappa shape index (κ1) is 18.3. The number of methoxy groups -OCH3 is 1. The molecule has 2 aromatic rings. The van der Waals surface area contributed by atoms with Crippen LogP contribution in [0.3, 0.4) is 0 Å². The van der Waals surface area contributed by atoms with Crippen LogP contribution in [0, 0.1) is 6.92 Å². The summed E-state index contributed by atoms with van der Waals surface area (Å²) in [5, 5.41) is 1.89. The van der Waals surface area contributed by atoms with Gasteiger partial charge in [0.25, 0.3) is 5.91 Å². The summed E-state index contributed by atoms with van der Waals surface area (Å²) in [5.41, 5.74) is 1.34. The molecule has 0 saturated carbocycles. The van der Waals surface area contributed by atoms with Crippen LogP contribution < -0.4 is 9.54 Å². The third-order valence-electron chi connectivity index (χ3n) is 4.16. The van der Waals surface area contributed by atoms with E-state index in [-0.39, 0.29) is 18.4 Å². The minimum Gasteiger partial charge on any atom is -0.497 e. The Morgan fingerprint density at radius 1 is 1.31 bits per heavy atom. The van der Waals surface area contributed by atoms with Gasteiger partial charge in [0, 0.05) is 29.7 Å². The predicted molar refractivity (Wildman–Crippen MR) is 97.3 cm³/mol. The van der Waals surface area contributed by atoms with Crippen LogP contribution in [0.25, 0.3) is 0 Å². The first-order valence-electron chi connectivity index (χ1n) is 8.32. The van der Waals surface area contributed by atoms with E-state index >= 15 is 0 Å². The summed E-state index contributed by atoms with van der Waals surface area (Å²) < 4.78 is 12.2. The molecule has 1 aliphatic heterocycles. The van der Waals surface area contributed by atoms with Crippen LogP contribution in [0.15, 0.2) is 34.6 Å². The lowest BCUT2D eigenvalue weighted by atomic mass is 10.2. The Hall–Kier alpha value is -2.45. The number of benzene rings is 1. The molecule has 0 unspecified atom stereocenters. The second-order valence-electron chi connectivity index (χ2n) is 5.89. The van der Waals surface area contributed by atoms with Crippen molar-refractivity contribution in [2.24, 2.45) is 4.99 Å². The zero-order valence-electron chi connectivity index (χ0n) is 14.8. The van der Waals surface area contributed by atoms with Crippen molar-refractivity contribution in [1.29, 1.82) is 0 Å². The van der Waals surface area contributed by atoms with Gasteiger partial charge in [-0.3, -0.25) is 9.59 Å². The third-order valence-corrected chi connectivity index (χ3v) is 5.14. The summed E-state index contributed by atoms with van der Waals surface area (Å²) in [7, 11) is 1.55. The van der Waals surface area contributed by atoms with Crippen molar-refractivity contribution in [2.75, 3.05) is 33.4 Å². The Bertz CT molecular complexity index is 865. The van der Waals surface area contributed by atoms with Gasteiger partial charge in [-0.1, -0.05) is 6.07 Å². The second kappa shape index (κ2) is 8.29. The van der Waals surface area contributed by atoms with Gasteiger partial charge in [0.1, 0.15) is 12.3 Å². The number of nitrogens with zero attached hydrogens (tertiary/aromatic N) is 3. The molecule has 1 saturated heterocycles. The number of thiazole rings is 1. The number of aryl methyl sites for hydroxylation is 1. The van der Waals surface area contributed by atoms with Crippen molar-refractivity contribution in [3.05, 3.63) is 45.7 Å². The molecule has 138 valence electrons. The van der Waals surface area contributed by atoms with Gasteiger partial charge in [0.05, 0.1) is 20.3 Å². The Kier molecular flexibility index (Phi) is 5.85. The molecule has 26 heavy (non-hydrogen) atoms. The fourth-order valence-electron chi connectivity index (χ4n) is 2.65. The van der Waals surface area contributed by atoms with E-state index in [9.17, 15) is 9.59 Å². The van der Waals surface area contributed by atoms with Crippen LogP contribution in [0.5, 0.6) is 5.75 Å². The van der Waals surface area contributed by atoms with Crippen LogP contribution >= 0.6 is 11.3 Å². The molecular formula is C18H21N3O4S. The van der Waals surface area contributed by atoms with E-state index in [4.69, 9.17) is 9.47 Å². The summed E-state index contributed by atoms with van der Waals surface area (Å²) >= 11 is 1.35. The number of rotatable bonds is 4. The predicted octanol–water partition coefficient (Wildman–Crippen LogP) is 1.47. The summed E-state index contributed by atoms with van der Waals surface area (Å²) in [6.07, 6.45) is 0. The molecule has 0 N–H and O–H groups in total. The van der Waals surface area contributed by atoms with Gasteiger partial charge in [-0.15, -0.1) is 11.3 Å². The zero-order valence-corrected chi connectivity index (χ0v) is 15.6. The minimum absolute atomic E-state index is 0.00470. The Balaban J connectivity index is 1.83. The molecular weight excluding hydrogens is 354 g/mol. The zero-order chi connectivity index (χ0) is 18.5. The number of morpholine rings is 1. The molecule has 0 atom stereocenters. The van der Waals surface area contributed by atoms with Crippen LogP contribution in [-0.4, -0.2) is 54.7 Å². The van der Waals surface area contributed by atoms with Gasteiger partial charge in [-0.05, 0) is 25.1 Å². The highest BCUT2D eigenvalue weighted by Gasteiger charge is 2.18. The number of amides is 2. The highest BCUT2D eigenvalue weighted by Crippen LogP contribution is 2.13. The number of carbonyl (C=O) groups excluding carboxylic acids is 2. The van der Waals surface area contributed by atoms with E-state index in [1.807, 2.05) is 12.3 Å². The number of hydrogen-bond acceptors (Lipinski definition) is 5. The number of aromatic nitrogens is 1. The lowest BCUT2D eigenvalue weighted by molar-refractivity contribution is -0.135. The van der Waals surface area contributed by atoms with Gasteiger partial charge < -0.3 is 18.9 Å². The van der Waals surface area contributed by atoms with E-state index in [1.165, 1.54) is 11.3 Å². The van der Waals surface area contributed by atoms with Crippen molar-refractivity contribution < 1.29 is 19.1 Å². The molecule has 3 rings (SSSR count). The lowest BCUT2D eigenvalue weighted by Gasteiger charge is -2.27. The van der Waals surface area contributed by atoms with E-state index in [0.717, 1.165) is 5.69 Å². The summed E-state index contributed by atoms with van der Waals surface area (Å²) in [6, 6.07) is 6.86. The number of ether oxygens (including phenoxy) is 2. The van der Waals surface area contributed by atoms with Crippen LogP contribution in [0.2, 0.25) is 0 Å². The molecule has 0 radical (unpaired) electrons. The highest BCUT2D eigenvalue weighted by atomic mass is 32.1. The van der Waals surface area contributed by atoms with Crippen molar-refractivity contribution in [2.45, 2.75) is 13.5 Å². The van der Waals surface area contributed by atoms with Gasteiger partial charge in [0.15, 0.2) is 4.80 Å². The smallest absolute Gasteiger partial charge is 0.279 e. The van der Waals surface area contributed by atoms with Crippen molar-refractivity contribution in [1.82, 2.24) is 9.47 Å². The fraction of sp³-hybridized carbons (Fsp3) is 0.389. The van der Waals surface area contributed by atoms with Crippen LogP contribution in [0.1, 0.15) is 16.1 Å². The van der Waals surface area contributed by atoms with E-state index in [0.29, 0.717) is 42.4 Å². The molecule has 0 spiro atoms. The van der Waals surface area contributed by atoms with Crippen molar-refractivity contribution in [3.63, 3.8) is 0 Å². The monoisotopic (exact) mass is 375 g/mol. The third kappa shape index (κ3) is 4.20. The molecule has 2 heterocycles. The maximum absolute atomic E-state index is 12.5. The fourth-order valence-corrected chi connectivity index (χ4v) is 3.53. The average molecular weight is 375 g/mol. The Morgan fingerprint density at radius 3 is 2.81 bits per heavy atom. The maximum Gasteiger partial charge on any atom is 0.279 e. The molecule has 0 bridgehead atoms. The minimum atomic E-state index is -0.363. The summed E-state index contributed by atoms with van der Waals surface area (Å²) in [6.45, 7) is 4.38. The maximum atomic E-state index is 12.5. The normalized spacial score (nSPS) is 15.2. The molecule has 7 nitrogen and oxygen atoms in total. The number of carbonyl (C=O) groups is 2. The van der Waals surface area contributed by atoms with Crippen LogP contribution in [0.4, 0.5) is 0 Å². The Morgan fingerprint density at radius 2 is 2.08 bits per heavy atom. The summed E-state index contributed by atoms with van der Waals surface area (Å²) in [5.74, 6) is 0.243. The first-order chi connectivity index (χ1) is 12.6. The highest BCUT2D eigenvalue weighted by molar-refractivity contribution is 7.07. The van der Waals surface area contributed by atoms with Gasteiger partial charge in [-0.25, -0.2) is 0 Å². The topological polar surface area (TPSA) is 73.1 Å². The van der Waals surface area contributed by atoms with Gasteiger partial charge >= 0.3 is 0 Å². The van der Waals surface area contributed by atoms with Crippen molar-refractivity contribution in [3.8, 4) is 5.75 Å². The quantitative estimate of drug-likeness (QED) is 0.811. The number of hydrogen-bond donors (Lipinski definition) is 0. The SMILES string of the molecule is COc1cccc(C(=O)N=c2scc(C)n2CC(=O)N2CCOCC2)c1. The van der Waals surface area contributed by atoms with E-state index in [1.54, 1.807) is 40.8 Å². The van der Waals surface area contributed by atoms with Crippen molar-refractivity contribution >= 4 is 23.2 Å². The molecule has 1 aromatic carbocycles. The molecule has 2 amide bonds. The molecule has 1 fully saturated rings. The van der Waals surface area contributed by atoms with E-state index in [2.05, 4.69) is 4.99 Å². The molecule has 1 aromatic heterocycles. The largest absolute Gasteiger partial charge is 0.497 e. The van der Waals surface area contributed by atoms with Gasteiger partial charge in [-0.2, -0.15) is 4.99 Å². The van der Waals surface area contributed by atoms with Gasteiger partial charge in [0.2, 0.25) is 5.91 Å². The Labute approximate surface area is 155 Å². The van der Waals surface area contributed by atoms with E-state index < -0.39 is 0 Å². The lowest BCUT2D eigenvalue weighted by Crippen LogP contribution is -2.43. The molecule has 8 heteroatoms. The first-order valence-corrected chi connectivity index (χ1v) is 9.20. The summed E-state index contributed by atoms with van der Waals surface area (Å²) in [4.78, 5) is 31.5.